The zero-order valence-electron chi connectivity index (χ0n) is 10.8. The van der Waals surface area contributed by atoms with Crippen molar-refractivity contribution in [3.05, 3.63) is 64.3 Å². The Morgan fingerprint density at radius 2 is 1.89 bits per heavy atom. The van der Waals surface area contributed by atoms with Crippen molar-refractivity contribution in [1.29, 1.82) is 0 Å². The third-order valence-corrected chi connectivity index (χ3v) is 3.79. The van der Waals surface area contributed by atoms with Gasteiger partial charge in [-0.1, -0.05) is 53.2 Å². The molecule has 0 fully saturated rings. The molecule has 3 aromatic rings. The summed E-state index contributed by atoms with van der Waals surface area (Å²) in [5.41, 5.74) is 3.63. The van der Waals surface area contributed by atoms with Crippen LogP contribution in [0.1, 0.15) is 18.2 Å². The molecule has 2 nitrogen and oxygen atoms in total. The summed E-state index contributed by atoms with van der Waals surface area (Å²) in [6, 6.07) is 16.8. The van der Waals surface area contributed by atoms with Crippen molar-refractivity contribution in [2.45, 2.75) is 19.9 Å². The third-order valence-electron chi connectivity index (χ3n) is 3.30. The summed E-state index contributed by atoms with van der Waals surface area (Å²) >= 11 is 3.54. The smallest absolute Gasteiger partial charge is 0.0700 e. The summed E-state index contributed by atoms with van der Waals surface area (Å²) in [6.07, 6.45) is 0.958. The van der Waals surface area contributed by atoms with Gasteiger partial charge in [0.25, 0.3) is 0 Å². The standard InChI is InChI=1S/C16H15BrN2/c1-2-15-14-9-8-13(17)10-16(14)19(18-15)11-12-6-4-3-5-7-12/h3-10H,2,11H2,1H3. The predicted octanol–water partition coefficient (Wildman–Crippen LogP) is 4.41. The van der Waals surface area contributed by atoms with Crippen molar-refractivity contribution in [1.82, 2.24) is 9.78 Å². The van der Waals surface area contributed by atoms with Crippen molar-refractivity contribution in [3.63, 3.8) is 0 Å². The molecule has 0 saturated carbocycles. The molecule has 0 bridgehead atoms. The van der Waals surface area contributed by atoms with Gasteiger partial charge >= 0.3 is 0 Å². The zero-order chi connectivity index (χ0) is 13.2. The van der Waals surface area contributed by atoms with Crippen LogP contribution in [0.25, 0.3) is 10.9 Å². The molecule has 19 heavy (non-hydrogen) atoms. The summed E-state index contributed by atoms with van der Waals surface area (Å²) in [5, 5.41) is 5.99. The lowest BCUT2D eigenvalue weighted by Gasteiger charge is -2.03. The highest BCUT2D eigenvalue weighted by Crippen LogP contribution is 2.24. The normalized spacial score (nSPS) is 11.1. The molecule has 0 amide bonds. The fourth-order valence-corrected chi connectivity index (χ4v) is 2.70. The summed E-state index contributed by atoms with van der Waals surface area (Å²) in [7, 11) is 0. The van der Waals surface area contributed by atoms with Crippen LogP contribution in [0, 0.1) is 0 Å². The molecule has 2 aromatic carbocycles. The zero-order valence-corrected chi connectivity index (χ0v) is 12.4. The van der Waals surface area contributed by atoms with E-state index < -0.39 is 0 Å². The fourth-order valence-electron chi connectivity index (χ4n) is 2.35. The molecule has 0 spiro atoms. The van der Waals surface area contributed by atoms with Crippen LogP contribution < -0.4 is 0 Å². The molecular formula is C16H15BrN2. The Hall–Kier alpha value is -1.61. The van der Waals surface area contributed by atoms with Gasteiger partial charge in [0.1, 0.15) is 0 Å². The van der Waals surface area contributed by atoms with Gasteiger partial charge in [-0.15, -0.1) is 0 Å². The van der Waals surface area contributed by atoms with Gasteiger partial charge in [-0.3, -0.25) is 4.68 Å². The maximum absolute atomic E-state index is 4.74. The van der Waals surface area contributed by atoms with Crippen LogP contribution in [-0.2, 0) is 13.0 Å². The Morgan fingerprint density at radius 1 is 1.11 bits per heavy atom. The Labute approximate surface area is 121 Å². The first-order valence-corrected chi connectivity index (χ1v) is 7.26. The van der Waals surface area contributed by atoms with Gasteiger partial charge in [-0.05, 0) is 30.2 Å². The lowest BCUT2D eigenvalue weighted by molar-refractivity contribution is 0.696. The number of benzene rings is 2. The number of rotatable bonds is 3. The Kier molecular flexibility index (Phi) is 3.38. The molecule has 0 aliphatic heterocycles. The molecule has 0 atom stereocenters. The molecule has 1 aromatic heterocycles. The van der Waals surface area contributed by atoms with Gasteiger partial charge in [-0.25, -0.2) is 0 Å². The minimum absolute atomic E-state index is 0.813. The van der Waals surface area contributed by atoms with E-state index in [2.05, 4.69) is 70.0 Å². The number of aromatic nitrogens is 2. The molecule has 0 radical (unpaired) electrons. The van der Waals surface area contributed by atoms with Crippen molar-refractivity contribution in [3.8, 4) is 0 Å². The second-order valence-electron chi connectivity index (χ2n) is 4.60. The van der Waals surface area contributed by atoms with E-state index >= 15 is 0 Å². The van der Waals surface area contributed by atoms with Gasteiger partial charge in [-0.2, -0.15) is 5.10 Å². The van der Waals surface area contributed by atoms with Crippen molar-refractivity contribution in [2.75, 3.05) is 0 Å². The molecule has 0 aliphatic carbocycles. The van der Waals surface area contributed by atoms with Gasteiger partial charge < -0.3 is 0 Å². The van der Waals surface area contributed by atoms with E-state index in [0.717, 1.165) is 17.4 Å². The van der Waals surface area contributed by atoms with Crippen LogP contribution in [0.3, 0.4) is 0 Å². The summed E-state index contributed by atoms with van der Waals surface area (Å²) in [6.45, 7) is 2.96. The second kappa shape index (κ2) is 5.17. The monoisotopic (exact) mass is 314 g/mol. The maximum atomic E-state index is 4.74. The Morgan fingerprint density at radius 3 is 2.63 bits per heavy atom. The van der Waals surface area contributed by atoms with E-state index in [-0.39, 0.29) is 0 Å². The van der Waals surface area contributed by atoms with Crippen molar-refractivity contribution < 1.29 is 0 Å². The van der Waals surface area contributed by atoms with E-state index in [9.17, 15) is 0 Å². The maximum Gasteiger partial charge on any atom is 0.0700 e. The number of hydrogen-bond acceptors (Lipinski definition) is 1. The van der Waals surface area contributed by atoms with Crippen LogP contribution in [0.4, 0.5) is 0 Å². The average Bonchev–Trinajstić information content (AvgIpc) is 2.77. The number of hydrogen-bond donors (Lipinski definition) is 0. The van der Waals surface area contributed by atoms with E-state index in [1.165, 1.54) is 22.2 Å². The first-order valence-electron chi connectivity index (χ1n) is 6.47. The minimum atomic E-state index is 0.813. The molecule has 1 heterocycles. The van der Waals surface area contributed by atoms with E-state index in [1.807, 2.05) is 6.07 Å². The highest BCUT2D eigenvalue weighted by molar-refractivity contribution is 9.10. The molecule has 0 unspecified atom stereocenters. The van der Waals surface area contributed by atoms with Crippen LogP contribution in [0.5, 0.6) is 0 Å². The highest BCUT2D eigenvalue weighted by Gasteiger charge is 2.09. The van der Waals surface area contributed by atoms with E-state index in [4.69, 9.17) is 5.10 Å². The lowest BCUT2D eigenvalue weighted by Crippen LogP contribution is -2.01. The molecule has 0 saturated heterocycles. The number of halogens is 1. The topological polar surface area (TPSA) is 17.8 Å². The molecule has 0 aliphatic rings. The first kappa shape index (κ1) is 12.4. The number of fused-ring (bicyclic) bond motifs is 1. The molecule has 3 rings (SSSR count). The largest absolute Gasteiger partial charge is 0.260 e. The van der Waals surface area contributed by atoms with Gasteiger partial charge in [0.2, 0.25) is 0 Å². The first-order chi connectivity index (χ1) is 9.28. The Balaban J connectivity index is 2.10. The van der Waals surface area contributed by atoms with Crippen LogP contribution in [0.15, 0.2) is 53.0 Å². The summed E-state index contributed by atoms with van der Waals surface area (Å²) in [5.74, 6) is 0. The lowest BCUT2D eigenvalue weighted by atomic mass is 10.2. The van der Waals surface area contributed by atoms with E-state index in [0.29, 0.717) is 0 Å². The number of aryl methyl sites for hydroxylation is 1. The molecule has 3 heteroatoms. The summed E-state index contributed by atoms with van der Waals surface area (Å²) < 4.78 is 3.19. The van der Waals surface area contributed by atoms with Gasteiger partial charge in [0, 0.05) is 9.86 Å². The van der Waals surface area contributed by atoms with Crippen LogP contribution in [0.2, 0.25) is 0 Å². The fraction of sp³-hybridized carbons (Fsp3) is 0.188. The molecular weight excluding hydrogens is 300 g/mol. The van der Waals surface area contributed by atoms with Crippen molar-refractivity contribution in [2.24, 2.45) is 0 Å². The molecule has 0 N–H and O–H groups in total. The quantitative estimate of drug-likeness (QED) is 0.700. The SMILES string of the molecule is CCc1nn(Cc2ccccc2)c2cc(Br)ccc12. The molecule has 96 valence electrons. The minimum Gasteiger partial charge on any atom is -0.260 e. The Bertz CT molecular complexity index is 701. The number of nitrogens with zero attached hydrogens (tertiary/aromatic N) is 2. The van der Waals surface area contributed by atoms with E-state index in [1.54, 1.807) is 0 Å². The predicted molar refractivity (Wildman–Crippen MR) is 82.4 cm³/mol. The average molecular weight is 315 g/mol. The van der Waals surface area contributed by atoms with Crippen molar-refractivity contribution >= 4 is 26.8 Å². The second-order valence-corrected chi connectivity index (χ2v) is 5.52. The highest BCUT2D eigenvalue weighted by atomic mass is 79.9. The third kappa shape index (κ3) is 2.43. The van der Waals surface area contributed by atoms with Crippen LogP contribution in [-0.4, -0.2) is 9.78 Å². The summed E-state index contributed by atoms with van der Waals surface area (Å²) in [4.78, 5) is 0. The van der Waals surface area contributed by atoms with Gasteiger partial charge in [0.15, 0.2) is 0 Å². The van der Waals surface area contributed by atoms with Gasteiger partial charge in [0.05, 0.1) is 17.8 Å². The van der Waals surface area contributed by atoms with Crippen LogP contribution >= 0.6 is 15.9 Å².